The molecule has 98 valence electrons. The van der Waals surface area contributed by atoms with Crippen molar-refractivity contribution in [2.45, 2.75) is 25.0 Å². The lowest BCUT2D eigenvalue weighted by atomic mass is 10.1. The van der Waals surface area contributed by atoms with Gasteiger partial charge in [-0.15, -0.1) is 0 Å². The Kier molecular flexibility index (Phi) is 3.33. The van der Waals surface area contributed by atoms with Gasteiger partial charge < -0.3 is 9.84 Å². The summed E-state index contributed by atoms with van der Waals surface area (Å²) in [6, 6.07) is 15.9. The third kappa shape index (κ3) is 2.82. The number of halogens is 1. The molecule has 1 fully saturated rings. The highest BCUT2D eigenvalue weighted by molar-refractivity contribution is 9.10. The van der Waals surface area contributed by atoms with Gasteiger partial charge in [0, 0.05) is 10.0 Å². The van der Waals surface area contributed by atoms with Gasteiger partial charge in [0.05, 0.1) is 5.60 Å². The minimum Gasteiger partial charge on any atom is -0.488 e. The smallest absolute Gasteiger partial charge is 0.127 e. The van der Waals surface area contributed by atoms with E-state index < -0.39 is 5.60 Å². The minimum absolute atomic E-state index is 0.514. The summed E-state index contributed by atoms with van der Waals surface area (Å²) in [4.78, 5) is 0. The fourth-order valence-electron chi connectivity index (χ4n) is 2.12. The molecule has 0 atom stereocenters. The first-order valence-electron chi connectivity index (χ1n) is 6.36. The molecule has 3 rings (SSSR count). The molecular formula is C16H15BrO2. The van der Waals surface area contributed by atoms with Gasteiger partial charge in [-0.05, 0) is 30.5 Å². The number of hydrogen-bond donors (Lipinski definition) is 1. The molecule has 0 radical (unpaired) electrons. The zero-order valence-electron chi connectivity index (χ0n) is 10.5. The summed E-state index contributed by atoms with van der Waals surface area (Å²) in [7, 11) is 0. The third-order valence-electron chi connectivity index (χ3n) is 3.41. The molecule has 0 amide bonds. The van der Waals surface area contributed by atoms with Crippen LogP contribution in [0.2, 0.25) is 0 Å². The molecule has 1 saturated carbocycles. The molecule has 1 aliphatic carbocycles. The number of hydrogen-bond acceptors (Lipinski definition) is 2. The molecule has 0 saturated heterocycles. The van der Waals surface area contributed by atoms with Crippen LogP contribution in [0.1, 0.15) is 24.0 Å². The molecule has 2 nitrogen and oxygen atoms in total. The number of rotatable bonds is 4. The van der Waals surface area contributed by atoms with E-state index in [0.717, 1.165) is 34.2 Å². The number of benzene rings is 2. The maximum atomic E-state index is 10.3. The summed E-state index contributed by atoms with van der Waals surface area (Å²) in [5.41, 5.74) is 1.34. The molecule has 1 N–H and O–H groups in total. The van der Waals surface area contributed by atoms with Crippen LogP contribution in [0.4, 0.5) is 0 Å². The van der Waals surface area contributed by atoms with Gasteiger partial charge in [0.2, 0.25) is 0 Å². The predicted molar refractivity (Wildman–Crippen MR) is 78.0 cm³/mol. The van der Waals surface area contributed by atoms with Crippen molar-refractivity contribution in [1.82, 2.24) is 0 Å². The SMILES string of the molecule is OC1(c2ccc(Br)cc2OCc2ccccc2)CC1. The van der Waals surface area contributed by atoms with Crippen LogP contribution in [0.15, 0.2) is 53.0 Å². The first-order chi connectivity index (χ1) is 9.17. The van der Waals surface area contributed by atoms with Crippen LogP contribution >= 0.6 is 15.9 Å². The lowest BCUT2D eigenvalue weighted by molar-refractivity contribution is 0.145. The molecule has 0 spiro atoms. The Morgan fingerprint density at radius 1 is 1.11 bits per heavy atom. The molecule has 0 bridgehead atoms. The van der Waals surface area contributed by atoms with Gasteiger partial charge >= 0.3 is 0 Å². The molecule has 2 aromatic rings. The summed E-state index contributed by atoms with van der Waals surface area (Å²) in [6.07, 6.45) is 1.63. The second-order valence-corrected chi connectivity index (χ2v) is 5.86. The first kappa shape index (κ1) is 12.7. The summed E-state index contributed by atoms with van der Waals surface area (Å²) >= 11 is 3.45. The fourth-order valence-corrected chi connectivity index (χ4v) is 2.46. The van der Waals surface area contributed by atoms with Crippen molar-refractivity contribution in [1.29, 1.82) is 0 Å². The van der Waals surface area contributed by atoms with E-state index in [4.69, 9.17) is 4.74 Å². The maximum absolute atomic E-state index is 10.3. The highest BCUT2D eigenvalue weighted by Crippen LogP contribution is 2.49. The lowest BCUT2D eigenvalue weighted by Gasteiger charge is -2.15. The average Bonchev–Trinajstić information content (AvgIpc) is 3.16. The van der Waals surface area contributed by atoms with E-state index in [9.17, 15) is 5.11 Å². The van der Waals surface area contributed by atoms with Crippen LogP contribution in [-0.4, -0.2) is 5.11 Å². The van der Waals surface area contributed by atoms with Gasteiger partial charge in [0.15, 0.2) is 0 Å². The molecule has 19 heavy (non-hydrogen) atoms. The maximum Gasteiger partial charge on any atom is 0.127 e. The van der Waals surface area contributed by atoms with Crippen molar-refractivity contribution in [2.24, 2.45) is 0 Å². The largest absolute Gasteiger partial charge is 0.488 e. The van der Waals surface area contributed by atoms with E-state index in [1.165, 1.54) is 0 Å². The van der Waals surface area contributed by atoms with E-state index in [1.54, 1.807) is 0 Å². The van der Waals surface area contributed by atoms with Gasteiger partial charge in [-0.25, -0.2) is 0 Å². The molecule has 0 aromatic heterocycles. The molecular weight excluding hydrogens is 304 g/mol. The zero-order chi connectivity index (χ0) is 13.3. The predicted octanol–water partition coefficient (Wildman–Crippen LogP) is 4.01. The standard InChI is InChI=1S/C16H15BrO2/c17-13-6-7-14(16(18)8-9-16)15(10-13)19-11-12-4-2-1-3-5-12/h1-7,10,18H,8-9,11H2. The van der Waals surface area contributed by atoms with Gasteiger partial charge in [0.25, 0.3) is 0 Å². The highest BCUT2D eigenvalue weighted by Gasteiger charge is 2.44. The fraction of sp³-hybridized carbons (Fsp3) is 0.250. The number of ether oxygens (including phenoxy) is 1. The van der Waals surface area contributed by atoms with Crippen molar-refractivity contribution >= 4 is 15.9 Å². The first-order valence-corrected chi connectivity index (χ1v) is 7.16. The van der Waals surface area contributed by atoms with Crippen LogP contribution in [0, 0.1) is 0 Å². The Bertz CT molecular complexity index is 577. The normalized spacial score (nSPS) is 16.1. The summed E-state index contributed by atoms with van der Waals surface area (Å²) in [5, 5.41) is 10.3. The van der Waals surface area contributed by atoms with Gasteiger partial charge in [-0.1, -0.05) is 52.3 Å². The average molecular weight is 319 g/mol. The van der Waals surface area contributed by atoms with Crippen molar-refractivity contribution in [2.75, 3.05) is 0 Å². The highest BCUT2D eigenvalue weighted by atomic mass is 79.9. The number of aliphatic hydroxyl groups is 1. The molecule has 1 aliphatic rings. The van der Waals surface area contributed by atoms with Crippen LogP contribution in [0.5, 0.6) is 5.75 Å². The van der Waals surface area contributed by atoms with Crippen LogP contribution in [0.3, 0.4) is 0 Å². The van der Waals surface area contributed by atoms with Crippen molar-refractivity contribution < 1.29 is 9.84 Å². The molecule has 0 aliphatic heterocycles. The van der Waals surface area contributed by atoms with Crippen molar-refractivity contribution in [3.8, 4) is 5.75 Å². The Morgan fingerprint density at radius 3 is 2.53 bits per heavy atom. The van der Waals surface area contributed by atoms with Crippen molar-refractivity contribution in [3.05, 3.63) is 64.1 Å². The van der Waals surface area contributed by atoms with Crippen LogP contribution < -0.4 is 4.74 Å². The summed E-state index contributed by atoms with van der Waals surface area (Å²) in [5.74, 6) is 0.762. The Labute approximate surface area is 121 Å². The second-order valence-electron chi connectivity index (χ2n) is 4.95. The molecule has 3 heteroatoms. The zero-order valence-corrected chi connectivity index (χ0v) is 12.1. The molecule has 0 unspecified atom stereocenters. The van der Waals surface area contributed by atoms with Gasteiger partial charge in [0.1, 0.15) is 12.4 Å². The van der Waals surface area contributed by atoms with Crippen LogP contribution in [0.25, 0.3) is 0 Å². The van der Waals surface area contributed by atoms with E-state index in [1.807, 2.05) is 48.5 Å². The van der Waals surface area contributed by atoms with E-state index in [0.29, 0.717) is 6.61 Å². The third-order valence-corrected chi connectivity index (χ3v) is 3.90. The minimum atomic E-state index is -0.674. The van der Waals surface area contributed by atoms with E-state index in [-0.39, 0.29) is 0 Å². The Balaban J connectivity index is 1.82. The monoisotopic (exact) mass is 318 g/mol. The van der Waals surface area contributed by atoms with E-state index >= 15 is 0 Å². The summed E-state index contributed by atoms with van der Waals surface area (Å²) in [6.45, 7) is 0.514. The summed E-state index contributed by atoms with van der Waals surface area (Å²) < 4.78 is 6.84. The van der Waals surface area contributed by atoms with Gasteiger partial charge in [-0.3, -0.25) is 0 Å². The topological polar surface area (TPSA) is 29.5 Å². The molecule has 2 aromatic carbocycles. The van der Waals surface area contributed by atoms with Crippen molar-refractivity contribution in [3.63, 3.8) is 0 Å². The van der Waals surface area contributed by atoms with Gasteiger partial charge in [-0.2, -0.15) is 0 Å². The van der Waals surface area contributed by atoms with E-state index in [2.05, 4.69) is 15.9 Å². The molecule has 0 heterocycles. The quantitative estimate of drug-likeness (QED) is 0.923. The van der Waals surface area contributed by atoms with Crippen LogP contribution in [-0.2, 0) is 12.2 Å². The Hall–Kier alpha value is -1.32. The lowest BCUT2D eigenvalue weighted by Crippen LogP contribution is -2.08. The Morgan fingerprint density at radius 2 is 1.84 bits per heavy atom. The second kappa shape index (κ2) is 4.99.